The van der Waals surface area contributed by atoms with E-state index in [0.717, 1.165) is 50.0 Å². The fourth-order valence-electron chi connectivity index (χ4n) is 7.13. The second-order valence-electron chi connectivity index (χ2n) is 11.5. The van der Waals surface area contributed by atoms with Crippen LogP contribution in [0.1, 0.15) is 31.2 Å². The van der Waals surface area contributed by atoms with Crippen LogP contribution in [0, 0.1) is 17.1 Å². The van der Waals surface area contributed by atoms with E-state index in [1.54, 1.807) is 13.2 Å². The maximum atomic E-state index is 16.7. The highest BCUT2D eigenvalue weighted by Crippen LogP contribution is 2.42. The molecule has 0 saturated carbocycles. The van der Waals surface area contributed by atoms with Crippen molar-refractivity contribution in [3.63, 3.8) is 0 Å². The summed E-state index contributed by atoms with van der Waals surface area (Å²) in [5.41, 5.74) is 7.74. The van der Waals surface area contributed by atoms with Gasteiger partial charge in [-0.1, -0.05) is 18.2 Å². The second-order valence-corrected chi connectivity index (χ2v) is 12.6. The third-order valence-electron chi connectivity index (χ3n) is 9.11. The minimum absolute atomic E-state index is 0.0136. The maximum absolute atomic E-state index is 16.7. The third-order valence-corrected chi connectivity index (χ3v) is 10.1. The third kappa shape index (κ3) is 4.54. The van der Waals surface area contributed by atoms with Crippen LogP contribution in [0.2, 0.25) is 0 Å². The van der Waals surface area contributed by atoms with Crippen LogP contribution < -0.4 is 20.7 Å². The van der Waals surface area contributed by atoms with Crippen LogP contribution in [0.4, 0.5) is 15.2 Å². The Morgan fingerprint density at radius 1 is 1.17 bits per heavy atom. The van der Waals surface area contributed by atoms with Gasteiger partial charge in [-0.15, -0.1) is 11.3 Å². The Bertz CT molecular complexity index is 1690. The van der Waals surface area contributed by atoms with Gasteiger partial charge in [-0.05, 0) is 56.5 Å². The van der Waals surface area contributed by atoms with Crippen LogP contribution in [0.25, 0.3) is 32.1 Å². The first-order valence-electron chi connectivity index (χ1n) is 14.6. The van der Waals surface area contributed by atoms with Crippen molar-refractivity contribution in [3.05, 3.63) is 41.7 Å². The number of nitriles is 1. The molecule has 5 heterocycles. The Morgan fingerprint density at radius 2 is 2.00 bits per heavy atom. The normalized spacial score (nSPS) is 20.3. The standard InChI is InChI=1S/C31H34FN7O2S/c1-40-17-19-16-38(14-11-35-19)29-22-8-7-21(20-5-2-6-24-25(20)23(15-33)28(34)42-24)26(32)27(22)36-30(37-29)41-18-31-9-3-12-39(31)13-4-10-31/h2,5-8,19,35H,3-4,9-14,16-18,34H2,1H3. The predicted molar refractivity (Wildman–Crippen MR) is 164 cm³/mol. The van der Waals surface area contributed by atoms with E-state index in [4.69, 9.17) is 25.2 Å². The molecule has 0 spiro atoms. The van der Waals surface area contributed by atoms with Gasteiger partial charge in [-0.3, -0.25) is 4.90 Å². The summed E-state index contributed by atoms with van der Waals surface area (Å²) in [6, 6.07) is 11.8. The molecule has 2 aromatic heterocycles. The molecule has 3 aliphatic heterocycles. The van der Waals surface area contributed by atoms with Crippen molar-refractivity contribution in [2.75, 3.05) is 63.7 Å². The summed E-state index contributed by atoms with van der Waals surface area (Å²) in [6.45, 7) is 5.38. The summed E-state index contributed by atoms with van der Waals surface area (Å²) in [5, 5.41) is 15.0. The van der Waals surface area contributed by atoms with Crippen molar-refractivity contribution in [3.8, 4) is 23.2 Å². The van der Waals surface area contributed by atoms with Crippen molar-refractivity contribution < 1.29 is 13.9 Å². The lowest BCUT2D eigenvalue weighted by atomic mass is 9.95. The van der Waals surface area contributed by atoms with Crippen LogP contribution >= 0.6 is 11.3 Å². The lowest BCUT2D eigenvalue weighted by Gasteiger charge is -2.35. The van der Waals surface area contributed by atoms with Gasteiger partial charge in [0.05, 0.1) is 17.7 Å². The Balaban J connectivity index is 1.35. The summed E-state index contributed by atoms with van der Waals surface area (Å²) in [7, 11) is 1.69. The zero-order chi connectivity index (χ0) is 28.8. The topological polar surface area (TPSA) is 113 Å². The number of fused-ring (bicyclic) bond motifs is 3. The zero-order valence-electron chi connectivity index (χ0n) is 23.7. The van der Waals surface area contributed by atoms with Gasteiger partial charge in [0.1, 0.15) is 29.0 Å². The Labute approximate surface area is 248 Å². The largest absolute Gasteiger partial charge is 0.461 e. The monoisotopic (exact) mass is 587 g/mol. The number of halogens is 1. The average Bonchev–Trinajstić information content (AvgIpc) is 3.68. The number of hydrogen-bond acceptors (Lipinski definition) is 10. The quantitative estimate of drug-likeness (QED) is 0.322. The molecule has 3 saturated heterocycles. The van der Waals surface area contributed by atoms with Gasteiger partial charge in [-0.2, -0.15) is 15.2 Å². The molecule has 3 N–H and O–H groups in total. The number of nitrogens with zero attached hydrogens (tertiary/aromatic N) is 5. The number of nitrogens with two attached hydrogens (primary N) is 1. The molecule has 7 rings (SSSR count). The number of hydrogen-bond donors (Lipinski definition) is 2. The van der Waals surface area contributed by atoms with E-state index in [9.17, 15) is 5.26 Å². The van der Waals surface area contributed by atoms with Crippen LogP contribution in [0.15, 0.2) is 30.3 Å². The molecular formula is C31H34FN7O2S. The van der Waals surface area contributed by atoms with Crippen LogP contribution in [0.5, 0.6) is 6.01 Å². The first-order valence-corrected chi connectivity index (χ1v) is 15.4. The minimum Gasteiger partial charge on any atom is -0.461 e. The average molecular weight is 588 g/mol. The molecule has 0 aliphatic carbocycles. The smallest absolute Gasteiger partial charge is 0.319 e. The van der Waals surface area contributed by atoms with Crippen molar-refractivity contribution in [1.82, 2.24) is 20.2 Å². The summed E-state index contributed by atoms with van der Waals surface area (Å²) in [6.07, 6.45) is 4.52. The van der Waals surface area contributed by atoms with Crippen molar-refractivity contribution >= 4 is 43.1 Å². The zero-order valence-corrected chi connectivity index (χ0v) is 24.5. The molecule has 218 valence electrons. The SMILES string of the molecule is COCC1CN(c2nc(OCC34CCCN3CCC4)nc3c(F)c(-c4cccc5sc(N)c(C#N)c45)ccc23)CCN1. The molecule has 42 heavy (non-hydrogen) atoms. The first-order chi connectivity index (χ1) is 20.5. The number of methoxy groups -OCH3 is 1. The van der Waals surface area contributed by atoms with E-state index < -0.39 is 5.82 Å². The summed E-state index contributed by atoms with van der Waals surface area (Å²) >= 11 is 1.34. The van der Waals surface area contributed by atoms with Crippen LogP contribution in [-0.4, -0.2) is 79.5 Å². The lowest BCUT2D eigenvalue weighted by Crippen LogP contribution is -2.53. The van der Waals surface area contributed by atoms with Gasteiger partial charge in [0.25, 0.3) is 0 Å². The van der Waals surface area contributed by atoms with E-state index in [1.807, 2.05) is 24.3 Å². The number of nitrogen functional groups attached to an aromatic ring is 1. The lowest BCUT2D eigenvalue weighted by molar-refractivity contribution is 0.108. The van der Waals surface area contributed by atoms with Gasteiger partial charge in [0.15, 0.2) is 5.82 Å². The van der Waals surface area contributed by atoms with E-state index in [-0.39, 0.29) is 23.1 Å². The molecule has 1 unspecified atom stereocenters. The minimum atomic E-state index is -0.466. The number of nitrogens with one attached hydrogen (secondary N) is 1. The number of thiophene rings is 1. The van der Waals surface area contributed by atoms with Gasteiger partial charge >= 0.3 is 6.01 Å². The molecule has 0 bridgehead atoms. The van der Waals surface area contributed by atoms with Gasteiger partial charge < -0.3 is 25.4 Å². The molecule has 3 aliphatic rings. The predicted octanol–water partition coefficient (Wildman–Crippen LogP) is 4.54. The van der Waals surface area contributed by atoms with Crippen LogP contribution in [0.3, 0.4) is 0 Å². The van der Waals surface area contributed by atoms with Crippen molar-refractivity contribution in [1.29, 1.82) is 5.26 Å². The molecule has 9 nitrogen and oxygen atoms in total. The van der Waals surface area contributed by atoms with Crippen LogP contribution in [-0.2, 0) is 4.74 Å². The van der Waals surface area contributed by atoms with Gasteiger partial charge in [0, 0.05) is 53.8 Å². The fourth-order valence-corrected chi connectivity index (χ4v) is 8.08. The Hall–Kier alpha value is -3.56. The first kappa shape index (κ1) is 27.3. The van der Waals surface area contributed by atoms with Crippen molar-refractivity contribution in [2.24, 2.45) is 0 Å². The molecule has 1 atom stereocenters. The molecule has 2 aromatic carbocycles. The maximum Gasteiger partial charge on any atom is 0.319 e. The second kappa shape index (κ2) is 10.9. The van der Waals surface area contributed by atoms with E-state index in [0.29, 0.717) is 64.6 Å². The number of piperazine rings is 1. The number of aromatic nitrogens is 2. The van der Waals surface area contributed by atoms with E-state index in [2.05, 4.69) is 21.2 Å². The highest BCUT2D eigenvalue weighted by atomic mass is 32.1. The number of anilines is 2. The van der Waals surface area contributed by atoms with Crippen molar-refractivity contribution in [2.45, 2.75) is 37.3 Å². The molecule has 11 heteroatoms. The summed E-state index contributed by atoms with van der Waals surface area (Å²) in [5.74, 6) is 0.193. The van der Waals surface area contributed by atoms with E-state index >= 15 is 4.39 Å². The highest BCUT2D eigenvalue weighted by molar-refractivity contribution is 7.23. The summed E-state index contributed by atoms with van der Waals surface area (Å²) in [4.78, 5) is 14.3. The molecule has 3 fully saturated rings. The van der Waals surface area contributed by atoms with Gasteiger partial charge in [-0.25, -0.2) is 4.39 Å². The van der Waals surface area contributed by atoms with Gasteiger partial charge in [0.2, 0.25) is 0 Å². The fraction of sp³-hybridized carbons (Fsp3) is 0.452. The summed E-state index contributed by atoms with van der Waals surface area (Å²) < 4.78 is 29.3. The highest BCUT2D eigenvalue weighted by Gasteiger charge is 2.45. The number of rotatable bonds is 7. The number of ether oxygens (including phenoxy) is 2. The molecule has 0 amide bonds. The number of benzene rings is 2. The Kier molecular flexibility index (Phi) is 7.10. The molecule has 0 radical (unpaired) electrons. The molecule has 4 aromatic rings. The molecular weight excluding hydrogens is 553 g/mol. The van der Waals surface area contributed by atoms with E-state index in [1.165, 1.54) is 11.3 Å². The Morgan fingerprint density at radius 3 is 2.79 bits per heavy atom.